The Kier molecular flexibility index (Phi) is 7.52. The van der Waals surface area contributed by atoms with Crippen molar-refractivity contribution in [2.45, 2.75) is 6.18 Å². The van der Waals surface area contributed by atoms with Crippen molar-refractivity contribution in [1.29, 1.82) is 0 Å². The van der Waals surface area contributed by atoms with Crippen LogP contribution in [0.5, 0.6) is 0 Å². The molecular weight excluding hydrogens is 511 g/mol. The van der Waals surface area contributed by atoms with E-state index in [4.69, 9.17) is 5.73 Å². The third-order valence-corrected chi connectivity index (χ3v) is 5.54. The Balaban J connectivity index is 1.59. The minimum atomic E-state index is -4.58. The maximum absolute atomic E-state index is 12.9. The average molecular weight is 531 g/mol. The summed E-state index contributed by atoms with van der Waals surface area (Å²) in [6, 6.07) is 17.5. The normalized spacial score (nSPS) is 10.9. The van der Waals surface area contributed by atoms with Gasteiger partial charge in [0.25, 0.3) is 11.8 Å². The van der Waals surface area contributed by atoms with Crippen molar-refractivity contribution in [3.63, 3.8) is 0 Å². The molecule has 2 aromatic carbocycles. The summed E-state index contributed by atoms with van der Waals surface area (Å²) in [4.78, 5) is 44.5. The van der Waals surface area contributed by atoms with Crippen LogP contribution in [0.15, 0.2) is 91.6 Å². The molecule has 196 valence electrons. The summed E-state index contributed by atoms with van der Waals surface area (Å²) < 4.78 is 38.8. The van der Waals surface area contributed by atoms with Crippen molar-refractivity contribution < 1.29 is 27.6 Å². The third kappa shape index (κ3) is 6.34. The molecule has 0 saturated heterocycles. The standard InChI is InChI=1S/C28H20F3N5O3/c1-2-24(37)34-20-9-7-16(8-10-20)22-12-11-21(26(32)38)25(35-22)17-3-5-18(6-4-17)27(39)36-23-15-19(13-14-33-23)28(29,30)31/h2-15H,1H2,(H2,32,38)(H,34,37)(H,33,36,39). The van der Waals surface area contributed by atoms with E-state index in [1.807, 2.05) is 0 Å². The lowest BCUT2D eigenvalue weighted by atomic mass is 10.0. The maximum atomic E-state index is 12.9. The predicted octanol–water partition coefficient (Wildman–Crippen LogP) is 5.31. The third-order valence-electron chi connectivity index (χ3n) is 5.54. The van der Waals surface area contributed by atoms with Gasteiger partial charge in [-0.05, 0) is 54.6 Å². The van der Waals surface area contributed by atoms with E-state index in [-0.39, 0.29) is 28.5 Å². The molecule has 4 N–H and O–H groups in total. The van der Waals surface area contributed by atoms with Crippen LogP contribution in [0, 0.1) is 0 Å². The second-order valence-electron chi connectivity index (χ2n) is 8.19. The van der Waals surface area contributed by atoms with Gasteiger partial charge in [-0.15, -0.1) is 0 Å². The molecule has 0 aliphatic rings. The fourth-order valence-corrected chi connectivity index (χ4v) is 3.60. The molecule has 0 atom stereocenters. The summed E-state index contributed by atoms with van der Waals surface area (Å²) in [5, 5.41) is 4.98. The summed E-state index contributed by atoms with van der Waals surface area (Å²) in [7, 11) is 0. The van der Waals surface area contributed by atoms with Gasteiger partial charge in [0.1, 0.15) is 5.82 Å². The van der Waals surface area contributed by atoms with Gasteiger partial charge in [-0.25, -0.2) is 9.97 Å². The molecule has 39 heavy (non-hydrogen) atoms. The molecule has 0 aliphatic carbocycles. The molecular formula is C28H20F3N5O3. The molecule has 2 aromatic heterocycles. The van der Waals surface area contributed by atoms with Gasteiger partial charge < -0.3 is 16.4 Å². The SMILES string of the molecule is C=CC(=O)Nc1ccc(-c2ccc(C(N)=O)c(-c3ccc(C(=O)Nc4cc(C(F)(F)F)ccn4)cc3)n2)cc1. The van der Waals surface area contributed by atoms with Gasteiger partial charge in [-0.3, -0.25) is 14.4 Å². The predicted molar refractivity (Wildman–Crippen MR) is 140 cm³/mol. The first-order valence-electron chi connectivity index (χ1n) is 11.3. The van der Waals surface area contributed by atoms with Crippen molar-refractivity contribution in [1.82, 2.24) is 9.97 Å². The van der Waals surface area contributed by atoms with Crippen LogP contribution in [0.25, 0.3) is 22.5 Å². The maximum Gasteiger partial charge on any atom is 0.416 e. The number of aromatic nitrogens is 2. The quantitative estimate of drug-likeness (QED) is 0.279. The zero-order chi connectivity index (χ0) is 28.2. The number of carbonyl (C=O) groups is 3. The molecule has 4 aromatic rings. The number of primary amides is 1. The van der Waals surface area contributed by atoms with E-state index in [0.29, 0.717) is 22.5 Å². The van der Waals surface area contributed by atoms with E-state index < -0.39 is 23.6 Å². The van der Waals surface area contributed by atoms with Gasteiger partial charge >= 0.3 is 6.18 Å². The first-order valence-corrected chi connectivity index (χ1v) is 11.3. The van der Waals surface area contributed by atoms with Crippen molar-refractivity contribution >= 4 is 29.2 Å². The van der Waals surface area contributed by atoms with Crippen LogP contribution >= 0.6 is 0 Å². The topological polar surface area (TPSA) is 127 Å². The molecule has 0 aliphatic heterocycles. The van der Waals surface area contributed by atoms with Crippen LogP contribution in [-0.2, 0) is 11.0 Å². The lowest BCUT2D eigenvalue weighted by molar-refractivity contribution is -0.137. The zero-order valence-corrected chi connectivity index (χ0v) is 20.1. The van der Waals surface area contributed by atoms with Gasteiger partial charge in [-0.2, -0.15) is 13.2 Å². The smallest absolute Gasteiger partial charge is 0.366 e. The Morgan fingerprint density at radius 1 is 0.872 bits per heavy atom. The van der Waals surface area contributed by atoms with E-state index in [0.717, 1.165) is 24.4 Å². The van der Waals surface area contributed by atoms with Crippen LogP contribution in [0.4, 0.5) is 24.7 Å². The lowest BCUT2D eigenvalue weighted by Gasteiger charge is -2.11. The Bertz CT molecular complexity index is 1570. The molecule has 0 bridgehead atoms. The lowest BCUT2D eigenvalue weighted by Crippen LogP contribution is -2.15. The molecule has 4 rings (SSSR count). The Morgan fingerprint density at radius 3 is 2.15 bits per heavy atom. The van der Waals surface area contributed by atoms with E-state index in [2.05, 4.69) is 27.2 Å². The minimum absolute atomic E-state index is 0.145. The highest BCUT2D eigenvalue weighted by atomic mass is 19.4. The monoisotopic (exact) mass is 531 g/mol. The van der Waals surface area contributed by atoms with E-state index in [1.165, 1.54) is 18.2 Å². The average Bonchev–Trinajstić information content (AvgIpc) is 2.92. The van der Waals surface area contributed by atoms with E-state index >= 15 is 0 Å². The highest BCUT2D eigenvalue weighted by Gasteiger charge is 2.30. The van der Waals surface area contributed by atoms with Crippen LogP contribution in [0.3, 0.4) is 0 Å². The van der Waals surface area contributed by atoms with Crippen molar-refractivity contribution in [3.05, 3.63) is 108 Å². The van der Waals surface area contributed by atoms with E-state index in [1.54, 1.807) is 42.5 Å². The number of carbonyl (C=O) groups excluding carboxylic acids is 3. The zero-order valence-electron chi connectivity index (χ0n) is 20.1. The second-order valence-corrected chi connectivity index (χ2v) is 8.19. The summed E-state index contributed by atoms with van der Waals surface area (Å²) >= 11 is 0. The molecule has 0 fully saturated rings. The highest BCUT2D eigenvalue weighted by molar-refractivity contribution is 6.04. The second kappa shape index (κ2) is 11.0. The first kappa shape index (κ1) is 26.7. The Labute approximate surface area is 220 Å². The molecule has 8 nitrogen and oxygen atoms in total. The number of nitrogens with two attached hydrogens (primary N) is 1. The summed E-state index contributed by atoms with van der Waals surface area (Å²) in [5.41, 5.74) is 7.45. The number of anilines is 2. The molecule has 3 amide bonds. The van der Waals surface area contributed by atoms with Crippen LogP contribution in [0.2, 0.25) is 0 Å². The molecule has 2 heterocycles. The summed E-state index contributed by atoms with van der Waals surface area (Å²) in [6.07, 6.45) is -2.47. The number of amides is 3. The number of halogens is 3. The number of nitrogens with zero attached hydrogens (tertiary/aromatic N) is 2. The Hall–Kier alpha value is -5.32. The van der Waals surface area contributed by atoms with Crippen LogP contribution in [0.1, 0.15) is 26.3 Å². The number of alkyl halides is 3. The molecule has 0 unspecified atom stereocenters. The largest absolute Gasteiger partial charge is 0.416 e. The number of nitrogens with one attached hydrogen (secondary N) is 2. The van der Waals surface area contributed by atoms with Crippen molar-refractivity contribution in [2.24, 2.45) is 5.73 Å². The van der Waals surface area contributed by atoms with Crippen LogP contribution < -0.4 is 16.4 Å². The number of hydrogen-bond acceptors (Lipinski definition) is 5. The van der Waals surface area contributed by atoms with Gasteiger partial charge in [0.2, 0.25) is 5.91 Å². The highest BCUT2D eigenvalue weighted by Crippen LogP contribution is 2.30. The molecule has 0 spiro atoms. The number of benzene rings is 2. The van der Waals surface area contributed by atoms with Gasteiger partial charge in [-0.1, -0.05) is 30.8 Å². The summed E-state index contributed by atoms with van der Waals surface area (Å²) in [6.45, 7) is 3.41. The van der Waals surface area contributed by atoms with Crippen molar-refractivity contribution in [3.8, 4) is 22.5 Å². The first-order chi connectivity index (χ1) is 18.5. The van der Waals surface area contributed by atoms with E-state index in [9.17, 15) is 27.6 Å². The molecule has 0 saturated carbocycles. The number of hydrogen-bond donors (Lipinski definition) is 3. The van der Waals surface area contributed by atoms with Gasteiger partial charge in [0, 0.05) is 28.6 Å². The number of rotatable bonds is 7. The fraction of sp³-hybridized carbons (Fsp3) is 0.0357. The Morgan fingerprint density at radius 2 is 1.54 bits per heavy atom. The van der Waals surface area contributed by atoms with Gasteiger partial charge in [0.15, 0.2) is 0 Å². The van der Waals surface area contributed by atoms with Crippen molar-refractivity contribution in [2.75, 3.05) is 10.6 Å². The molecule has 0 radical (unpaired) electrons. The van der Waals surface area contributed by atoms with Gasteiger partial charge in [0.05, 0.1) is 22.5 Å². The van der Waals surface area contributed by atoms with Crippen LogP contribution in [-0.4, -0.2) is 27.7 Å². The number of pyridine rings is 2. The fourth-order valence-electron chi connectivity index (χ4n) is 3.60. The molecule has 11 heteroatoms. The minimum Gasteiger partial charge on any atom is -0.366 e. The summed E-state index contributed by atoms with van der Waals surface area (Å²) in [5.74, 6) is -1.98.